The van der Waals surface area contributed by atoms with Gasteiger partial charge in [-0.1, -0.05) is 24.3 Å². The molecule has 8 heteroatoms. The van der Waals surface area contributed by atoms with E-state index in [1.807, 2.05) is 17.5 Å². The van der Waals surface area contributed by atoms with Crippen molar-refractivity contribution in [1.82, 2.24) is 9.38 Å². The van der Waals surface area contributed by atoms with Crippen molar-refractivity contribution in [2.45, 2.75) is 18.9 Å². The summed E-state index contributed by atoms with van der Waals surface area (Å²) in [5.74, 6) is 0.326. The largest absolute Gasteiger partial charge is 0.489 e. The van der Waals surface area contributed by atoms with Crippen LogP contribution in [0.3, 0.4) is 0 Å². The predicted molar refractivity (Wildman–Crippen MR) is 112 cm³/mol. The van der Waals surface area contributed by atoms with Gasteiger partial charge in [0.05, 0.1) is 5.56 Å². The lowest BCUT2D eigenvalue weighted by Crippen LogP contribution is -2.31. The third-order valence-electron chi connectivity index (χ3n) is 5.11. The summed E-state index contributed by atoms with van der Waals surface area (Å²) in [7, 11) is 0. The van der Waals surface area contributed by atoms with Crippen molar-refractivity contribution in [3.63, 3.8) is 0 Å². The molecule has 1 atom stereocenters. The molecular formula is C22H16FN3O3S. The minimum atomic E-state index is -0.378. The van der Waals surface area contributed by atoms with Gasteiger partial charge < -0.3 is 10.1 Å². The lowest BCUT2D eigenvalue weighted by Gasteiger charge is -2.25. The number of hydrogen-bond donors (Lipinski definition) is 1. The van der Waals surface area contributed by atoms with Gasteiger partial charge in [0.1, 0.15) is 24.0 Å². The minimum Gasteiger partial charge on any atom is -0.489 e. The SMILES string of the molecule is O=C1C[C@H](c2ccc(OCc3ccc(F)cc3)cc2)c2c(n3ccsc3nc2=O)N1. The Morgan fingerprint density at radius 1 is 1.13 bits per heavy atom. The van der Waals surface area contributed by atoms with Crippen LogP contribution in [0.4, 0.5) is 10.2 Å². The van der Waals surface area contributed by atoms with E-state index in [2.05, 4.69) is 10.3 Å². The first-order valence-corrected chi connectivity index (χ1v) is 10.2. The molecule has 5 rings (SSSR count). The molecule has 2 aromatic heterocycles. The second kappa shape index (κ2) is 7.38. The summed E-state index contributed by atoms with van der Waals surface area (Å²) >= 11 is 1.34. The van der Waals surface area contributed by atoms with Crippen LogP contribution in [0.15, 0.2) is 64.9 Å². The van der Waals surface area contributed by atoms with Gasteiger partial charge in [0.15, 0.2) is 4.96 Å². The highest BCUT2D eigenvalue weighted by atomic mass is 32.1. The molecule has 1 aliphatic rings. The van der Waals surface area contributed by atoms with E-state index in [0.717, 1.165) is 11.1 Å². The number of nitrogens with one attached hydrogen (secondary N) is 1. The molecule has 0 saturated heterocycles. The number of carbonyl (C=O) groups excluding carboxylic acids is 1. The van der Waals surface area contributed by atoms with Crippen LogP contribution in [0, 0.1) is 5.82 Å². The summed E-state index contributed by atoms with van der Waals surface area (Å²) in [4.78, 5) is 29.7. The maximum Gasteiger partial charge on any atom is 0.279 e. The predicted octanol–water partition coefficient (Wildman–Crippen LogP) is 3.95. The Hall–Kier alpha value is -3.52. The molecule has 30 heavy (non-hydrogen) atoms. The first-order valence-electron chi connectivity index (χ1n) is 9.35. The molecule has 150 valence electrons. The number of rotatable bonds is 4. The lowest BCUT2D eigenvalue weighted by molar-refractivity contribution is -0.116. The van der Waals surface area contributed by atoms with Gasteiger partial charge in [-0.15, -0.1) is 11.3 Å². The highest BCUT2D eigenvalue weighted by Gasteiger charge is 2.31. The molecule has 1 aliphatic heterocycles. The van der Waals surface area contributed by atoms with E-state index in [1.165, 1.54) is 23.5 Å². The molecule has 2 aromatic carbocycles. The maximum atomic E-state index is 13.0. The standard InChI is InChI=1S/C22H16FN3O3S/c23-15-5-1-13(2-6-15)12-29-16-7-3-14(4-8-16)17-11-18(27)24-20-19(17)21(28)25-22-26(20)9-10-30-22/h1-10,17H,11-12H2,(H,24,27)/t17-/m1/s1. The molecule has 0 bridgehead atoms. The lowest BCUT2D eigenvalue weighted by atomic mass is 9.87. The van der Waals surface area contributed by atoms with Crippen molar-refractivity contribution < 1.29 is 13.9 Å². The van der Waals surface area contributed by atoms with E-state index in [4.69, 9.17) is 4.74 Å². The van der Waals surface area contributed by atoms with Crippen molar-refractivity contribution in [3.8, 4) is 5.75 Å². The molecule has 0 unspecified atom stereocenters. The van der Waals surface area contributed by atoms with Crippen molar-refractivity contribution in [3.05, 3.63) is 93.0 Å². The Balaban J connectivity index is 1.43. The van der Waals surface area contributed by atoms with Crippen LogP contribution in [0.5, 0.6) is 5.75 Å². The van der Waals surface area contributed by atoms with Gasteiger partial charge in [0.2, 0.25) is 5.91 Å². The Labute approximate surface area is 174 Å². The normalized spacial score (nSPS) is 15.6. The van der Waals surface area contributed by atoms with Crippen molar-refractivity contribution >= 4 is 28.0 Å². The zero-order valence-electron chi connectivity index (χ0n) is 15.7. The molecule has 1 N–H and O–H groups in total. The molecular weight excluding hydrogens is 405 g/mol. The fraction of sp³-hybridized carbons (Fsp3) is 0.136. The maximum absolute atomic E-state index is 13.0. The van der Waals surface area contributed by atoms with E-state index in [0.29, 0.717) is 28.7 Å². The number of ether oxygens (including phenoxy) is 1. The molecule has 1 amide bonds. The zero-order chi connectivity index (χ0) is 20.7. The van der Waals surface area contributed by atoms with Crippen LogP contribution in [-0.4, -0.2) is 15.3 Å². The molecule has 0 spiro atoms. The first-order chi connectivity index (χ1) is 14.6. The van der Waals surface area contributed by atoms with Gasteiger partial charge in [-0.3, -0.25) is 14.0 Å². The number of aromatic nitrogens is 2. The van der Waals surface area contributed by atoms with E-state index in [9.17, 15) is 14.0 Å². The molecule has 6 nitrogen and oxygen atoms in total. The summed E-state index contributed by atoms with van der Waals surface area (Å²) in [6.07, 6.45) is 1.97. The van der Waals surface area contributed by atoms with Crippen LogP contribution in [0.25, 0.3) is 4.96 Å². The van der Waals surface area contributed by atoms with Crippen LogP contribution < -0.4 is 15.6 Å². The van der Waals surface area contributed by atoms with Gasteiger partial charge in [-0.2, -0.15) is 4.98 Å². The first kappa shape index (κ1) is 18.5. The Kier molecular flexibility index (Phi) is 4.55. The molecule has 3 heterocycles. The number of anilines is 1. The minimum absolute atomic E-state index is 0.144. The number of fused-ring (bicyclic) bond motifs is 3. The molecule has 4 aromatic rings. The van der Waals surface area contributed by atoms with Gasteiger partial charge in [0.25, 0.3) is 5.56 Å². The Bertz CT molecular complexity index is 1300. The number of halogens is 1. The van der Waals surface area contributed by atoms with E-state index in [-0.39, 0.29) is 29.6 Å². The fourth-order valence-electron chi connectivity index (χ4n) is 3.64. The van der Waals surface area contributed by atoms with E-state index < -0.39 is 0 Å². The zero-order valence-corrected chi connectivity index (χ0v) is 16.5. The topological polar surface area (TPSA) is 72.7 Å². The van der Waals surface area contributed by atoms with E-state index >= 15 is 0 Å². The highest BCUT2D eigenvalue weighted by Crippen LogP contribution is 2.36. The molecule has 0 radical (unpaired) electrons. The summed E-state index contributed by atoms with van der Waals surface area (Å²) in [6.45, 7) is 0.315. The summed E-state index contributed by atoms with van der Waals surface area (Å²) < 4.78 is 20.5. The third-order valence-corrected chi connectivity index (χ3v) is 5.87. The van der Waals surface area contributed by atoms with Crippen LogP contribution in [-0.2, 0) is 11.4 Å². The summed E-state index contributed by atoms with van der Waals surface area (Å²) in [5.41, 5.74) is 1.87. The molecule has 0 fully saturated rings. The van der Waals surface area contributed by atoms with Crippen molar-refractivity contribution in [2.24, 2.45) is 0 Å². The van der Waals surface area contributed by atoms with Gasteiger partial charge >= 0.3 is 0 Å². The summed E-state index contributed by atoms with van der Waals surface area (Å²) in [5, 5.41) is 4.65. The number of nitrogens with zero attached hydrogens (tertiary/aromatic N) is 2. The third kappa shape index (κ3) is 3.35. The van der Waals surface area contributed by atoms with Gasteiger partial charge in [0, 0.05) is 23.9 Å². The van der Waals surface area contributed by atoms with E-state index in [1.54, 1.807) is 34.9 Å². The van der Waals surface area contributed by atoms with Crippen LogP contribution in [0.1, 0.15) is 29.0 Å². The number of hydrogen-bond acceptors (Lipinski definition) is 5. The van der Waals surface area contributed by atoms with Crippen LogP contribution in [0.2, 0.25) is 0 Å². The second-order valence-corrected chi connectivity index (χ2v) is 7.90. The highest BCUT2D eigenvalue weighted by molar-refractivity contribution is 7.15. The quantitative estimate of drug-likeness (QED) is 0.542. The monoisotopic (exact) mass is 421 g/mol. The van der Waals surface area contributed by atoms with Gasteiger partial charge in [-0.25, -0.2) is 4.39 Å². The number of carbonyl (C=O) groups is 1. The van der Waals surface area contributed by atoms with Crippen LogP contribution >= 0.6 is 11.3 Å². The van der Waals surface area contributed by atoms with Crippen molar-refractivity contribution in [1.29, 1.82) is 0 Å². The Morgan fingerprint density at radius 2 is 1.90 bits per heavy atom. The second-order valence-electron chi connectivity index (χ2n) is 7.02. The fourth-order valence-corrected chi connectivity index (χ4v) is 4.35. The summed E-state index contributed by atoms with van der Waals surface area (Å²) in [6, 6.07) is 13.5. The number of benzene rings is 2. The molecule has 0 aliphatic carbocycles. The Morgan fingerprint density at radius 3 is 2.67 bits per heavy atom. The smallest absolute Gasteiger partial charge is 0.279 e. The number of amides is 1. The van der Waals surface area contributed by atoms with Crippen molar-refractivity contribution in [2.75, 3.05) is 5.32 Å². The molecule has 0 saturated carbocycles. The average molecular weight is 421 g/mol. The average Bonchev–Trinajstić information content (AvgIpc) is 3.22. The number of thiazole rings is 1. The van der Waals surface area contributed by atoms with Gasteiger partial charge in [-0.05, 0) is 35.4 Å².